The molecule has 0 unspecified atom stereocenters. The van der Waals surface area contributed by atoms with Crippen LogP contribution in [-0.2, 0) is 14.1 Å². The first-order valence-corrected chi connectivity index (χ1v) is 7.95. The van der Waals surface area contributed by atoms with Gasteiger partial charge in [-0.05, 0) is 46.2 Å². The number of benzene rings is 1. The SMILES string of the molecule is CC1(C)OB(c2ccc(N3CCCC3=O)cc2C#N)OC1(C)C. The third-order valence-corrected chi connectivity index (χ3v) is 5.05. The normalized spacial score (nSPS) is 22.5. The van der Waals surface area contributed by atoms with Crippen molar-refractivity contribution in [2.45, 2.75) is 51.7 Å². The molecule has 2 fully saturated rings. The van der Waals surface area contributed by atoms with E-state index in [2.05, 4.69) is 6.07 Å². The van der Waals surface area contributed by atoms with E-state index in [9.17, 15) is 10.1 Å². The minimum atomic E-state index is -0.571. The van der Waals surface area contributed by atoms with Gasteiger partial charge in [0.25, 0.3) is 0 Å². The number of rotatable bonds is 2. The first kappa shape index (κ1) is 16.0. The Labute approximate surface area is 137 Å². The lowest BCUT2D eigenvalue weighted by atomic mass is 9.76. The molecular formula is C17H21BN2O3. The Balaban J connectivity index is 1.93. The maximum atomic E-state index is 11.9. The molecule has 0 saturated carbocycles. The van der Waals surface area contributed by atoms with Crippen LogP contribution in [0.15, 0.2) is 18.2 Å². The fourth-order valence-corrected chi connectivity index (χ4v) is 2.91. The summed E-state index contributed by atoms with van der Waals surface area (Å²) in [7, 11) is -0.571. The van der Waals surface area contributed by atoms with Crippen molar-refractivity contribution in [3.8, 4) is 6.07 Å². The Hall–Kier alpha value is -1.84. The number of nitrogens with zero attached hydrogens (tertiary/aromatic N) is 2. The first-order chi connectivity index (χ1) is 10.7. The van der Waals surface area contributed by atoms with Gasteiger partial charge in [0.05, 0.1) is 22.8 Å². The molecule has 1 aromatic carbocycles. The third-order valence-electron chi connectivity index (χ3n) is 5.05. The molecule has 1 aromatic rings. The lowest BCUT2D eigenvalue weighted by Gasteiger charge is -2.32. The van der Waals surface area contributed by atoms with Gasteiger partial charge in [-0.1, -0.05) is 6.07 Å². The minimum absolute atomic E-state index is 0.109. The van der Waals surface area contributed by atoms with Crippen LogP contribution in [0.3, 0.4) is 0 Å². The summed E-state index contributed by atoms with van der Waals surface area (Å²) in [6, 6.07) is 7.66. The smallest absolute Gasteiger partial charge is 0.399 e. The quantitative estimate of drug-likeness (QED) is 0.784. The molecule has 0 atom stereocenters. The fourth-order valence-electron chi connectivity index (χ4n) is 2.91. The second-order valence-electron chi connectivity index (χ2n) is 7.12. The standard InChI is InChI=1S/C17H21BN2O3/c1-16(2)17(3,4)23-18(22-16)14-8-7-13(10-12(14)11-19)20-9-5-6-15(20)21/h7-8,10H,5-6,9H2,1-4H3. The highest BCUT2D eigenvalue weighted by molar-refractivity contribution is 6.62. The van der Waals surface area contributed by atoms with Gasteiger partial charge in [-0.2, -0.15) is 5.26 Å². The maximum absolute atomic E-state index is 11.9. The van der Waals surface area contributed by atoms with Gasteiger partial charge in [0.1, 0.15) is 0 Å². The molecule has 0 bridgehead atoms. The molecule has 3 rings (SSSR count). The van der Waals surface area contributed by atoms with E-state index in [1.807, 2.05) is 39.8 Å². The topological polar surface area (TPSA) is 62.6 Å². The second-order valence-corrected chi connectivity index (χ2v) is 7.12. The Kier molecular flexibility index (Phi) is 3.74. The predicted molar refractivity (Wildman–Crippen MR) is 88.5 cm³/mol. The molecule has 0 aliphatic carbocycles. The summed E-state index contributed by atoms with van der Waals surface area (Å²) in [6.45, 7) is 8.64. The number of hydrogen-bond acceptors (Lipinski definition) is 4. The van der Waals surface area contributed by atoms with Crippen LogP contribution < -0.4 is 10.4 Å². The van der Waals surface area contributed by atoms with Crippen LogP contribution in [0.2, 0.25) is 0 Å². The van der Waals surface area contributed by atoms with E-state index >= 15 is 0 Å². The van der Waals surface area contributed by atoms with Crippen LogP contribution in [0.5, 0.6) is 0 Å². The summed E-state index contributed by atoms with van der Waals surface area (Å²) in [5.74, 6) is 0.109. The summed E-state index contributed by atoms with van der Waals surface area (Å²) >= 11 is 0. The van der Waals surface area contributed by atoms with Crippen molar-refractivity contribution >= 4 is 24.2 Å². The van der Waals surface area contributed by atoms with Crippen molar-refractivity contribution in [2.24, 2.45) is 0 Å². The van der Waals surface area contributed by atoms with Crippen LogP contribution in [0, 0.1) is 11.3 Å². The number of nitriles is 1. The molecule has 2 heterocycles. The molecule has 120 valence electrons. The molecule has 6 heteroatoms. The van der Waals surface area contributed by atoms with Gasteiger partial charge in [-0.25, -0.2) is 0 Å². The summed E-state index contributed by atoms with van der Waals surface area (Å²) in [6.07, 6.45) is 1.43. The van der Waals surface area contributed by atoms with Gasteiger partial charge < -0.3 is 14.2 Å². The van der Waals surface area contributed by atoms with Crippen LogP contribution in [0.1, 0.15) is 46.1 Å². The van der Waals surface area contributed by atoms with Gasteiger partial charge in [0.15, 0.2) is 0 Å². The lowest BCUT2D eigenvalue weighted by Crippen LogP contribution is -2.41. The van der Waals surface area contributed by atoms with Crippen molar-refractivity contribution in [3.63, 3.8) is 0 Å². The van der Waals surface area contributed by atoms with E-state index in [4.69, 9.17) is 9.31 Å². The minimum Gasteiger partial charge on any atom is -0.399 e. The molecule has 2 aliphatic rings. The summed E-state index contributed by atoms with van der Waals surface area (Å²) < 4.78 is 12.1. The first-order valence-electron chi connectivity index (χ1n) is 7.95. The van der Waals surface area contributed by atoms with E-state index in [1.165, 1.54) is 0 Å². The molecule has 2 aliphatic heterocycles. The molecule has 0 spiro atoms. The summed E-state index contributed by atoms with van der Waals surface area (Å²) in [4.78, 5) is 13.6. The number of hydrogen-bond donors (Lipinski definition) is 0. The zero-order chi connectivity index (χ0) is 16.8. The number of carbonyl (C=O) groups is 1. The maximum Gasteiger partial charge on any atom is 0.496 e. The number of amides is 1. The van der Waals surface area contributed by atoms with Gasteiger partial charge in [-0.15, -0.1) is 0 Å². The highest BCUT2D eigenvalue weighted by Crippen LogP contribution is 2.37. The zero-order valence-corrected chi connectivity index (χ0v) is 14.0. The molecule has 0 aromatic heterocycles. The van der Waals surface area contributed by atoms with E-state index < -0.39 is 18.3 Å². The van der Waals surface area contributed by atoms with Crippen molar-refractivity contribution in [3.05, 3.63) is 23.8 Å². The molecule has 2 saturated heterocycles. The van der Waals surface area contributed by atoms with Crippen LogP contribution in [0.25, 0.3) is 0 Å². The zero-order valence-electron chi connectivity index (χ0n) is 14.0. The predicted octanol–water partition coefficient (Wildman–Crippen LogP) is 1.98. The van der Waals surface area contributed by atoms with Crippen molar-refractivity contribution in [2.75, 3.05) is 11.4 Å². The average Bonchev–Trinajstić information content (AvgIpc) is 2.99. The largest absolute Gasteiger partial charge is 0.496 e. The molecular weight excluding hydrogens is 291 g/mol. The molecule has 0 N–H and O–H groups in total. The van der Waals surface area contributed by atoms with Crippen molar-refractivity contribution in [1.82, 2.24) is 0 Å². The van der Waals surface area contributed by atoms with Crippen molar-refractivity contribution < 1.29 is 14.1 Å². The Morgan fingerprint density at radius 2 is 1.87 bits per heavy atom. The van der Waals surface area contributed by atoms with E-state index in [0.29, 0.717) is 24.0 Å². The number of carbonyl (C=O) groups excluding carboxylic acids is 1. The monoisotopic (exact) mass is 312 g/mol. The lowest BCUT2D eigenvalue weighted by molar-refractivity contribution is -0.117. The van der Waals surface area contributed by atoms with E-state index in [1.54, 1.807) is 11.0 Å². The summed E-state index contributed by atoms with van der Waals surface area (Å²) in [5.41, 5.74) is 1.06. The van der Waals surface area contributed by atoms with Crippen LogP contribution in [-0.4, -0.2) is 30.8 Å². The highest BCUT2D eigenvalue weighted by atomic mass is 16.7. The average molecular weight is 312 g/mol. The van der Waals surface area contributed by atoms with Gasteiger partial charge in [0.2, 0.25) is 5.91 Å². The summed E-state index contributed by atoms with van der Waals surface area (Å²) in [5, 5.41) is 9.51. The highest BCUT2D eigenvalue weighted by Gasteiger charge is 2.52. The van der Waals surface area contributed by atoms with Crippen LogP contribution >= 0.6 is 0 Å². The molecule has 5 nitrogen and oxygen atoms in total. The third kappa shape index (κ3) is 2.64. The van der Waals surface area contributed by atoms with Crippen LogP contribution in [0.4, 0.5) is 5.69 Å². The molecule has 0 radical (unpaired) electrons. The Morgan fingerprint density at radius 1 is 1.22 bits per heavy atom. The van der Waals surface area contributed by atoms with Crippen molar-refractivity contribution in [1.29, 1.82) is 5.26 Å². The van der Waals surface area contributed by atoms with E-state index in [-0.39, 0.29) is 5.91 Å². The van der Waals surface area contributed by atoms with Gasteiger partial charge >= 0.3 is 7.12 Å². The van der Waals surface area contributed by atoms with Gasteiger partial charge in [0, 0.05) is 24.1 Å². The Bertz CT molecular complexity index is 678. The second kappa shape index (κ2) is 5.36. The van der Waals surface area contributed by atoms with E-state index in [0.717, 1.165) is 12.1 Å². The fraction of sp³-hybridized carbons (Fsp3) is 0.529. The number of anilines is 1. The molecule has 23 heavy (non-hydrogen) atoms. The van der Waals surface area contributed by atoms with Gasteiger partial charge in [-0.3, -0.25) is 4.79 Å². The molecule has 1 amide bonds. The Morgan fingerprint density at radius 3 is 2.39 bits per heavy atom.